The van der Waals surface area contributed by atoms with Gasteiger partial charge in [-0.2, -0.15) is 0 Å². The van der Waals surface area contributed by atoms with Crippen LogP contribution in [0.1, 0.15) is 45.6 Å². The lowest BCUT2D eigenvalue weighted by molar-refractivity contribution is -0.140. The summed E-state index contributed by atoms with van der Waals surface area (Å²) in [6.45, 7) is 7.35. The number of nitrogens with zero attached hydrogens (tertiary/aromatic N) is 1. The van der Waals surface area contributed by atoms with E-state index in [1.54, 1.807) is 4.90 Å². The van der Waals surface area contributed by atoms with E-state index in [4.69, 9.17) is 15.9 Å². The molecule has 0 spiro atoms. The van der Waals surface area contributed by atoms with Gasteiger partial charge < -0.3 is 26.2 Å². The molecule has 0 radical (unpaired) electrons. The van der Waals surface area contributed by atoms with Crippen LogP contribution in [-0.2, 0) is 25.6 Å². The highest BCUT2D eigenvalue weighted by atomic mass is 19.2. The summed E-state index contributed by atoms with van der Waals surface area (Å²) in [5.41, 5.74) is 5.81. The molecule has 2 aliphatic rings. The summed E-state index contributed by atoms with van der Waals surface area (Å²) < 4.78 is 40.5. The fourth-order valence-corrected chi connectivity index (χ4v) is 4.75. The number of Topliss-reactive ketones (excluding diaryl/α,β-unsaturated/α-hetero) is 1. The molecule has 2 aliphatic heterocycles. The van der Waals surface area contributed by atoms with E-state index < -0.39 is 41.5 Å². The lowest BCUT2D eigenvalue weighted by Crippen LogP contribution is -2.49. The van der Waals surface area contributed by atoms with Crippen LogP contribution in [0.4, 0.5) is 13.2 Å². The molecular weight excluding hydrogens is 507 g/mol. The smallest absolute Gasteiger partial charge is 0.328 e. The van der Waals surface area contributed by atoms with Crippen LogP contribution >= 0.6 is 0 Å². The van der Waals surface area contributed by atoms with Gasteiger partial charge in [-0.1, -0.05) is 20.8 Å². The average Bonchev–Trinajstić information content (AvgIpc) is 3.36. The number of hydrogen-bond acceptors (Lipinski definition) is 6. The minimum atomic E-state index is -1.27. The van der Waals surface area contributed by atoms with Gasteiger partial charge >= 0.3 is 11.9 Å². The molecule has 4 atom stereocenters. The van der Waals surface area contributed by atoms with Crippen molar-refractivity contribution >= 4 is 23.6 Å². The molecule has 3 rings (SSSR count). The van der Waals surface area contributed by atoms with Gasteiger partial charge in [0.25, 0.3) is 0 Å². The molecule has 2 heterocycles. The van der Waals surface area contributed by atoms with Gasteiger partial charge in [-0.25, -0.2) is 22.8 Å². The van der Waals surface area contributed by atoms with Crippen LogP contribution < -0.4 is 11.1 Å². The molecule has 1 aromatic rings. The zero-order chi connectivity index (χ0) is 28.8. The Morgan fingerprint density at radius 3 is 2.18 bits per heavy atom. The molecule has 12 heteroatoms. The van der Waals surface area contributed by atoms with Crippen molar-refractivity contribution in [2.45, 2.75) is 64.6 Å². The topological polar surface area (TPSA) is 150 Å². The molecule has 1 unspecified atom stereocenters. The zero-order valence-corrected chi connectivity index (χ0v) is 21.5. The van der Waals surface area contributed by atoms with Crippen LogP contribution in [-0.4, -0.2) is 70.0 Å². The second kappa shape index (κ2) is 13.0. The monoisotopic (exact) mass is 541 g/mol. The van der Waals surface area contributed by atoms with Crippen LogP contribution in [0, 0.1) is 28.8 Å². The average molecular weight is 542 g/mol. The predicted molar refractivity (Wildman–Crippen MR) is 132 cm³/mol. The highest BCUT2D eigenvalue weighted by Crippen LogP contribution is 2.35. The number of carbonyl (C=O) groups is 4. The standard InChI is InChI=1S/C22H30F3N3O2.C4H4O4/c1-22(2,3)9-20(29)18-6-13-10-27-11-19(13)28(18)21(30)7-14(26)4-12-5-16(24)17(25)8-15(12)23;5-3(6)1-2-4(7)8/h5,8,13-14,18-19,27H,4,6-7,9-11,26H2,1-3H3;1-2H,(H,5,6)(H,7,8)/t13-,14+,18?,19+;/m0./s1. The first-order valence-corrected chi connectivity index (χ1v) is 12.2. The summed E-state index contributed by atoms with van der Waals surface area (Å²) in [6.07, 6.45) is 1.92. The number of hydrogen-bond donors (Lipinski definition) is 4. The Morgan fingerprint density at radius 2 is 1.63 bits per heavy atom. The van der Waals surface area contributed by atoms with E-state index in [1.807, 2.05) is 20.8 Å². The summed E-state index contributed by atoms with van der Waals surface area (Å²) in [4.78, 5) is 46.8. The highest BCUT2D eigenvalue weighted by molar-refractivity contribution is 5.91. The maximum absolute atomic E-state index is 13.9. The Bertz CT molecular complexity index is 1070. The molecule has 38 heavy (non-hydrogen) atoms. The molecule has 2 fully saturated rings. The maximum Gasteiger partial charge on any atom is 0.328 e. The SMILES string of the molecule is CC(C)(C)CC(=O)C1C[C@H]2CNC[C@H]2N1C(=O)C[C@H](N)Cc1cc(F)c(F)cc1F.O=C(O)C=CC(=O)O. The quantitative estimate of drug-likeness (QED) is 0.289. The fraction of sp³-hybridized carbons (Fsp3) is 0.538. The number of nitrogens with one attached hydrogen (secondary N) is 1. The van der Waals surface area contributed by atoms with Gasteiger partial charge in [-0.3, -0.25) is 9.59 Å². The second-order valence-electron chi connectivity index (χ2n) is 10.8. The van der Waals surface area contributed by atoms with E-state index in [0.29, 0.717) is 37.6 Å². The van der Waals surface area contributed by atoms with Crippen LogP contribution in [0.5, 0.6) is 0 Å². The third-order valence-corrected chi connectivity index (χ3v) is 6.26. The van der Waals surface area contributed by atoms with Crippen molar-refractivity contribution in [3.8, 4) is 0 Å². The van der Waals surface area contributed by atoms with Crippen LogP contribution in [0.15, 0.2) is 24.3 Å². The maximum atomic E-state index is 13.9. The number of nitrogens with two attached hydrogens (primary N) is 1. The second-order valence-corrected chi connectivity index (χ2v) is 10.8. The Hall–Kier alpha value is -3.25. The Morgan fingerprint density at radius 1 is 1.05 bits per heavy atom. The Balaban J connectivity index is 0.000000550. The normalized spacial score (nSPS) is 21.6. The molecular formula is C26H34F3N3O6. The Kier molecular flexibility index (Phi) is 10.6. The number of halogens is 3. The van der Waals surface area contributed by atoms with Crippen LogP contribution in [0.2, 0.25) is 0 Å². The van der Waals surface area contributed by atoms with Crippen molar-refractivity contribution < 1.29 is 42.6 Å². The van der Waals surface area contributed by atoms with Gasteiger partial charge in [0.2, 0.25) is 5.91 Å². The third kappa shape index (κ3) is 8.95. The number of rotatable bonds is 8. The molecule has 1 aromatic carbocycles. The number of fused-ring (bicyclic) bond motifs is 1. The fourth-order valence-electron chi connectivity index (χ4n) is 4.75. The third-order valence-electron chi connectivity index (χ3n) is 6.26. The summed E-state index contributed by atoms with van der Waals surface area (Å²) in [5.74, 6) is -5.81. The Labute approximate surface area is 218 Å². The number of aliphatic carboxylic acids is 2. The van der Waals surface area contributed by atoms with Crippen molar-refractivity contribution in [1.29, 1.82) is 0 Å². The van der Waals surface area contributed by atoms with Gasteiger partial charge in [0, 0.05) is 56.2 Å². The van der Waals surface area contributed by atoms with E-state index in [9.17, 15) is 32.3 Å². The summed E-state index contributed by atoms with van der Waals surface area (Å²) >= 11 is 0. The largest absolute Gasteiger partial charge is 0.478 e. The van der Waals surface area contributed by atoms with E-state index >= 15 is 0 Å². The van der Waals surface area contributed by atoms with E-state index in [1.165, 1.54) is 0 Å². The summed E-state index contributed by atoms with van der Waals surface area (Å²) in [5, 5.41) is 18.9. The van der Waals surface area contributed by atoms with Crippen molar-refractivity contribution in [2.24, 2.45) is 17.1 Å². The van der Waals surface area contributed by atoms with Crippen molar-refractivity contribution in [2.75, 3.05) is 13.1 Å². The number of carboxylic acids is 2. The number of carbonyl (C=O) groups excluding carboxylic acids is 2. The van der Waals surface area contributed by atoms with E-state index in [2.05, 4.69) is 5.32 Å². The minimum absolute atomic E-state index is 0.0467. The first-order chi connectivity index (χ1) is 17.6. The first kappa shape index (κ1) is 31.0. The predicted octanol–water partition coefficient (Wildman–Crippen LogP) is 2.27. The number of ketones is 1. The van der Waals surface area contributed by atoms with Gasteiger partial charge in [0.05, 0.1) is 6.04 Å². The molecule has 2 saturated heterocycles. The molecule has 0 bridgehead atoms. The number of amides is 1. The van der Waals surface area contributed by atoms with Crippen LogP contribution in [0.3, 0.4) is 0 Å². The van der Waals surface area contributed by atoms with Crippen molar-refractivity contribution in [1.82, 2.24) is 10.2 Å². The number of carboxylic acid groups (broad SMARTS) is 2. The van der Waals surface area contributed by atoms with Gasteiger partial charge in [0.15, 0.2) is 17.4 Å². The molecule has 5 N–H and O–H groups in total. The van der Waals surface area contributed by atoms with E-state index in [-0.39, 0.29) is 47.5 Å². The summed E-state index contributed by atoms with van der Waals surface area (Å²) in [7, 11) is 0. The van der Waals surface area contributed by atoms with Crippen molar-refractivity contribution in [3.05, 3.63) is 47.3 Å². The summed E-state index contributed by atoms with van der Waals surface area (Å²) in [6, 6.07) is -0.0455. The molecule has 9 nitrogen and oxygen atoms in total. The highest BCUT2D eigenvalue weighted by Gasteiger charge is 2.48. The van der Waals surface area contributed by atoms with E-state index in [0.717, 1.165) is 12.6 Å². The lowest BCUT2D eigenvalue weighted by Gasteiger charge is -2.31. The zero-order valence-electron chi connectivity index (χ0n) is 21.5. The molecule has 210 valence electrons. The molecule has 0 aromatic heterocycles. The van der Waals surface area contributed by atoms with Crippen molar-refractivity contribution in [3.63, 3.8) is 0 Å². The van der Waals surface area contributed by atoms with Crippen LogP contribution in [0.25, 0.3) is 0 Å². The molecule has 1 amide bonds. The number of benzene rings is 1. The minimum Gasteiger partial charge on any atom is -0.478 e. The first-order valence-electron chi connectivity index (χ1n) is 12.2. The van der Waals surface area contributed by atoms with Gasteiger partial charge in [-0.15, -0.1) is 0 Å². The van der Waals surface area contributed by atoms with Gasteiger partial charge in [-0.05, 0) is 35.8 Å². The number of likely N-dealkylation sites (tertiary alicyclic amines) is 1. The lowest BCUT2D eigenvalue weighted by atomic mass is 9.86. The molecule has 0 saturated carbocycles. The van der Waals surface area contributed by atoms with Gasteiger partial charge in [0.1, 0.15) is 5.82 Å². The molecule has 0 aliphatic carbocycles.